The number of terminal acetylenes is 1. The van der Waals surface area contributed by atoms with Gasteiger partial charge < -0.3 is 0 Å². The van der Waals surface area contributed by atoms with Gasteiger partial charge in [0.25, 0.3) is 0 Å². The Labute approximate surface area is 324 Å². The van der Waals surface area contributed by atoms with Crippen LogP contribution in [-0.2, 0) is 10.8 Å². The van der Waals surface area contributed by atoms with Crippen molar-refractivity contribution in [2.45, 2.75) is 45.4 Å². The summed E-state index contributed by atoms with van der Waals surface area (Å²) in [6, 6.07) is 48.3. The summed E-state index contributed by atoms with van der Waals surface area (Å²) in [5.74, 6) is 4.39. The average Bonchev–Trinajstić information content (AvgIpc) is 3.60. The quantitative estimate of drug-likeness (QED) is 0.128. The molecule has 2 aliphatic carbocycles. The van der Waals surface area contributed by atoms with Crippen LogP contribution in [0.1, 0.15) is 62.7 Å². The van der Waals surface area contributed by atoms with E-state index in [-0.39, 0.29) is 10.8 Å². The van der Waals surface area contributed by atoms with Gasteiger partial charge in [0, 0.05) is 27.5 Å². The van der Waals surface area contributed by atoms with E-state index in [9.17, 15) is 0 Å². The molecular formula is C52H41N3. The van der Waals surface area contributed by atoms with Crippen LogP contribution in [0, 0.1) is 12.3 Å². The molecule has 1 heterocycles. The first kappa shape index (κ1) is 34.2. The van der Waals surface area contributed by atoms with Gasteiger partial charge in [-0.2, -0.15) is 0 Å². The predicted molar refractivity (Wildman–Crippen MR) is 228 cm³/mol. The van der Waals surface area contributed by atoms with Gasteiger partial charge in [-0.15, -0.1) is 6.42 Å². The van der Waals surface area contributed by atoms with Crippen LogP contribution in [-0.4, -0.2) is 15.0 Å². The topological polar surface area (TPSA) is 38.7 Å². The summed E-state index contributed by atoms with van der Waals surface area (Å²) in [4.78, 5) is 15.2. The minimum atomic E-state index is -0.120. The molecule has 0 bridgehead atoms. The predicted octanol–water partition coefficient (Wildman–Crippen LogP) is 12.7. The standard InChI is InChI=1S/C52H41N3/c1-7-9-17-33(8-2)48-53-49(34-18-11-10-12-19-34)55-50(54-48)39-29-37(35-24-26-42-40-20-13-15-22-44(40)51(3,4)46(42)31-35)28-38(30-39)36-25-27-43-41-21-14-16-23-45(41)52(5,6)47(43)32-36/h1,8-32H,2-6H3/b17-9-,33-8+. The van der Waals surface area contributed by atoms with E-state index < -0.39 is 0 Å². The highest BCUT2D eigenvalue weighted by Crippen LogP contribution is 2.51. The Bertz CT molecular complexity index is 2650. The number of aromatic nitrogens is 3. The second kappa shape index (κ2) is 13.0. The molecule has 9 rings (SSSR count). The summed E-state index contributed by atoms with van der Waals surface area (Å²) in [7, 11) is 0. The maximum Gasteiger partial charge on any atom is 0.164 e. The lowest BCUT2D eigenvalue weighted by molar-refractivity contribution is 0.660. The highest BCUT2D eigenvalue weighted by molar-refractivity contribution is 5.88. The SMILES string of the molecule is C#C/C=C\C(=C/C)c1nc(-c2ccccc2)nc(-c2cc(-c3ccc4c(c3)C(C)(C)c3ccccc3-4)cc(-c3ccc4c(c3)C(C)(C)c3ccccc3-4)c2)n1. The molecule has 0 N–H and O–H groups in total. The monoisotopic (exact) mass is 707 g/mol. The summed E-state index contributed by atoms with van der Waals surface area (Å²) in [6.45, 7) is 11.3. The first-order valence-electron chi connectivity index (χ1n) is 18.9. The largest absolute Gasteiger partial charge is 0.208 e. The van der Waals surface area contributed by atoms with E-state index in [1.54, 1.807) is 6.08 Å². The third-order valence-electron chi connectivity index (χ3n) is 11.6. The lowest BCUT2D eigenvalue weighted by Gasteiger charge is -2.22. The van der Waals surface area contributed by atoms with Crippen molar-refractivity contribution in [2.75, 3.05) is 0 Å². The van der Waals surface area contributed by atoms with Gasteiger partial charge >= 0.3 is 0 Å². The molecule has 7 aromatic rings. The lowest BCUT2D eigenvalue weighted by atomic mass is 9.81. The Morgan fingerprint density at radius 2 is 0.964 bits per heavy atom. The minimum Gasteiger partial charge on any atom is -0.208 e. The van der Waals surface area contributed by atoms with E-state index in [1.807, 2.05) is 49.4 Å². The van der Waals surface area contributed by atoms with Crippen LogP contribution < -0.4 is 0 Å². The third-order valence-corrected chi connectivity index (χ3v) is 11.6. The number of hydrogen-bond donors (Lipinski definition) is 0. The number of hydrogen-bond acceptors (Lipinski definition) is 3. The number of benzene rings is 6. The Hall–Kier alpha value is -6.63. The second-order valence-corrected chi connectivity index (χ2v) is 15.6. The van der Waals surface area contributed by atoms with Crippen LogP contribution in [0.3, 0.4) is 0 Å². The Balaban J connectivity index is 1.26. The van der Waals surface area contributed by atoms with Gasteiger partial charge in [0.1, 0.15) is 0 Å². The van der Waals surface area contributed by atoms with Crippen LogP contribution in [0.5, 0.6) is 0 Å². The maximum absolute atomic E-state index is 5.63. The van der Waals surface area contributed by atoms with Crippen molar-refractivity contribution in [1.82, 2.24) is 15.0 Å². The zero-order chi connectivity index (χ0) is 37.9. The molecule has 0 saturated heterocycles. The summed E-state index contributed by atoms with van der Waals surface area (Å²) in [5, 5.41) is 0. The number of fused-ring (bicyclic) bond motifs is 6. The number of allylic oxidation sites excluding steroid dienone is 4. The zero-order valence-electron chi connectivity index (χ0n) is 31.9. The molecule has 3 nitrogen and oxygen atoms in total. The average molecular weight is 708 g/mol. The molecular weight excluding hydrogens is 667 g/mol. The van der Waals surface area contributed by atoms with Gasteiger partial charge in [0.15, 0.2) is 17.5 Å². The molecule has 1 aromatic heterocycles. The molecule has 264 valence electrons. The molecule has 55 heavy (non-hydrogen) atoms. The molecule has 0 spiro atoms. The molecule has 6 aromatic carbocycles. The Kier molecular flexibility index (Phi) is 8.10. The van der Waals surface area contributed by atoms with Gasteiger partial charge in [-0.3, -0.25) is 0 Å². The third kappa shape index (κ3) is 5.65. The molecule has 0 atom stereocenters. The van der Waals surface area contributed by atoms with Crippen molar-refractivity contribution in [3.8, 4) is 79.6 Å². The highest BCUT2D eigenvalue weighted by atomic mass is 15.0. The van der Waals surface area contributed by atoms with Crippen molar-refractivity contribution in [2.24, 2.45) is 0 Å². The summed E-state index contributed by atoms with van der Waals surface area (Å²) in [5.41, 5.74) is 17.6. The van der Waals surface area contributed by atoms with Gasteiger partial charge in [0.2, 0.25) is 0 Å². The smallest absolute Gasteiger partial charge is 0.164 e. The fraction of sp³-hybridized carbons (Fsp3) is 0.135. The van der Waals surface area contributed by atoms with Gasteiger partial charge in [-0.25, -0.2) is 15.0 Å². The number of nitrogens with zero attached hydrogens (tertiary/aromatic N) is 3. The molecule has 0 radical (unpaired) electrons. The van der Waals surface area contributed by atoms with Crippen molar-refractivity contribution in [1.29, 1.82) is 0 Å². The second-order valence-electron chi connectivity index (χ2n) is 15.6. The molecule has 0 unspecified atom stereocenters. The zero-order valence-corrected chi connectivity index (χ0v) is 31.9. The minimum absolute atomic E-state index is 0.120. The first-order valence-corrected chi connectivity index (χ1v) is 18.9. The van der Waals surface area contributed by atoms with Crippen molar-refractivity contribution in [3.05, 3.63) is 180 Å². The Morgan fingerprint density at radius 1 is 0.491 bits per heavy atom. The Morgan fingerprint density at radius 3 is 1.49 bits per heavy atom. The van der Waals surface area contributed by atoms with Crippen LogP contribution >= 0.6 is 0 Å². The van der Waals surface area contributed by atoms with Gasteiger partial charge in [-0.1, -0.05) is 143 Å². The summed E-state index contributed by atoms with van der Waals surface area (Å²) in [6.07, 6.45) is 11.2. The highest BCUT2D eigenvalue weighted by Gasteiger charge is 2.36. The van der Waals surface area contributed by atoms with E-state index in [1.165, 1.54) is 44.5 Å². The van der Waals surface area contributed by atoms with E-state index in [0.29, 0.717) is 17.5 Å². The van der Waals surface area contributed by atoms with Crippen LogP contribution in [0.25, 0.3) is 72.9 Å². The van der Waals surface area contributed by atoms with E-state index in [0.717, 1.165) is 39.0 Å². The normalized spacial score (nSPS) is 14.6. The van der Waals surface area contributed by atoms with E-state index in [2.05, 4.69) is 137 Å². The van der Waals surface area contributed by atoms with E-state index in [4.69, 9.17) is 21.4 Å². The van der Waals surface area contributed by atoms with E-state index >= 15 is 0 Å². The molecule has 0 amide bonds. The molecule has 0 aliphatic heterocycles. The van der Waals surface area contributed by atoms with Crippen LogP contribution in [0.2, 0.25) is 0 Å². The van der Waals surface area contributed by atoms with Crippen molar-refractivity contribution < 1.29 is 0 Å². The lowest BCUT2D eigenvalue weighted by Crippen LogP contribution is -2.15. The van der Waals surface area contributed by atoms with Crippen molar-refractivity contribution >= 4 is 5.57 Å². The van der Waals surface area contributed by atoms with Gasteiger partial charge in [0.05, 0.1) is 0 Å². The van der Waals surface area contributed by atoms with Crippen molar-refractivity contribution in [3.63, 3.8) is 0 Å². The molecule has 2 aliphatic rings. The maximum atomic E-state index is 5.63. The number of rotatable bonds is 6. The summed E-state index contributed by atoms with van der Waals surface area (Å²) < 4.78 is 0. The first-order chi connectivity index (χ1) is 26.7. The van der Waals surface area contributed by atoms with Gasteiger partial charge in [-0.05, 0) is 116 Å². The molecule has 3 heteroatoms. The van der Waals surface area contributed by atoms with Crippen LogP contribution in [0.4, 0.5) is 0 Å². The fourth-order valence-corrected chi connectivity index (χ4v) is 8.65. The van der Waals surface area contributed by atoms with Crippen LogP contribution in [0.15, 0.2) is 152 Å². The molecule has 0 saturated carbocycles. The molecule has 0 fully saturated rings. The fourth-order valence-electron chi connectivity index (χ4n) is 8.65. The summed E-state index contributed by atoms with van der Waals surface area (Å²) >= 11 is 0.